The number of aromatic nitrogens is 2. The first-order chi connectivity index (χ1) is 9.79. The van der Waals surface area contributed by atoms with E-state index in [4.69, 9.17) is 16.3 Å². The van der Waals surface area contributed by atoms with E-state index in [2.05, 4.69) is 31.2 Å². The third kappa shape index (κ3) is 3.98. The fraction of sp³-hybridized carbons (Fsp3) is 0.167. The summed E-state index contributed by atoms with van der Waals surface area (Å²) >= 11 is 8.80. The highest BCUT2D eigenvalue weighted by Crippen LogP contribution is 2.32. The number of ether oxygens (including phenoxy) is 1. The Labute approximate surface area is 131 Å². The molecule has 0 aliphatic heterocycles. The number of hydrogen-bond acceptors (Lipinski definition) is 4. The highest BCUT2D eigenvalue weighted by molar-refractivity contribution is 9.10. The lowest BCUT2D eigenvalue weighted by atomic mass is 10.3. The predicted molar refractivity (Wildman–Crippen MR) is 76.0 cm³/mol. The number of anilines is 2. The van der Waals surface area contributed by atoms with Gasteiger partial charge in [0.05, 0.1) is 12.8 Å². The van der Waals surface area contributed by atoms with E-state index in [-0.39, 0.29) is 5.82 Å². The first-order valence-electron chi connectivity index (χ1n) is 5.52. The van der Waals surface area contributed by atoms with E-state index in [0.29, 0.717) is 15.9 Å². The van der Waals surface area contributed by atoms with Crippen LogP contribution < -0.4 is 10.1 Å². The topological polar surface area (TPSA) is 47.0 Å². The number of alkyl halides is 3. The van der Waals surface area contributed by atoms with E-state index in [1.165, 1.54) is 7.11 Å². The van der Waals surface area contributed by atoms with Crippen molar-refractivity contribution in [3.63, 3.8) is 0 Å². The second-order valence-corrected chi connectivity index (χ2v) is 5.07. The molecule has 0 radical (unpaired) electrons. The van der Waals surface area contributed by atoms with E-state index in [0.717, 1.165) is 6.07 Å². The molecule has 2 rings (SSSR count). The molecule has 0 bridgehead atoms. The van der Waals surface area contributed by atoms with Crippen LogP contribution in [0.5, 0.6) is 5.75 Å². The van der Waals surface area contributed by atoms with E-state index in [1.807, 2.05) is 0 Å². The quantitative estimate of drug-likeness (QED) is 0.784. The van der Waals surface area contributed by atoms with Crippen molar-refractivity contribution < 1.29 is 17.9 Å². The summed E-state index contributed by atoms with van der Waals surface area (Å²) in [6.07, 6.45) is -4.60. The summed E-state index contributed by atoms with van der Waals surface area (Å²) in [5, 5.41) is 2.24. The molecule has 1 aromatic heterocycles. The molecule has 4 nitrogen and oxygen atoms in total. The zero-order valence-corrected chi connectivity index (χ0v) is 12.8. The van der Waals surface area contributed by atoms with Crippen molar-refractivity contribution in [2.24, 2.45) is 0 Å². The van der Waals surface area contributed by atoms with Gasteiger partial charge in [-0.3, -0.25) is 0 Å². The van der Waals surface area contributed by atoms with E-state index < -0.39 is 17.2 Å². The Bertz CT molecular complexity index is 667. The fourth-order valence-electron chi connectivity index (χ4n) is 1.49. The predicted octanol–water partition coefficient (Wildman–Crippen LogP) is 4.66. The van der Waals surface area contributed by atoms with Crippen LogP contribution in [0.4, 0.5) is 24.7 Å². The Kier molecular flexibility index (Phi) is 4.58. The van der Waals surface area contributed by atoms with Crippen LogP contribution in [0, 0.1) is 0 Å². The molecule has 9 heteroatoms. The molecule has 0 fully saturated rings. The summed E-state index contributed by atoms with van der Waals surface area (Å²) in [6.45, 7) is 0. The zero-order valence-electron chi connectivity index (χ0n) is 10.5. The Morgan fingerprint density at radius 3 is 2.57 bits per heavy atom. The van der Waals surface area contributed by atoms with Gasteiger partial charge in [-0.2, -0.15) is 13.2 Å². The molecule has 112 valence electrons. The molecular formula is C12H8BrClF3N3O. The molecule has 0 saturated carbocycles. The number of hydrogen-bond donors (Lipinski definition) is 1. The van der Waals surface area contributed by atoms with Crippen LogP contribution >= 0.6 is 27.5 Å². The van der Waals surface area contributed by atoms with Crippen LogP contribution in [-0.4, -0.2) is 17.1 Å². The highest BCUT2D eigenvalue weighted by Gasteiger charge is 2.33. The maximum Gasteiger partial charge on any atom is 0.433 e. The minimum Gasteiger partial charge on any atom is -0.497 e. The number of halogens is 5. The van der Waals surface area contributed by atoms with Gasteiger partial charge < -0.3 is 10.1 Å². The summed E-state index contributed by atoms with van der Waals surface area (Å²) < 4.78 is 43.7. The lowest BCUT2D eigenvalue weighted by Gasteiger charge is -2.12. The molecule has 0 amide bonds. The minimum atomic E-state index is -4.60. The van der Waals surface area contributed by atoms with Crippen LogP contribution in [0.2, 0.25) is 5.28 Å². The lowest BCUT2D eigenvalue weighted by Crippen LogP contribution is -2.10. The average Bonchev–Trinajstić information content (AvgIpc) is 2.39. The van der Waals surface area contributed by atoms with Crippen LogP contribution in [-0.2, 0) is 6.18 Å². The first-order valence-corrected chi connectivity index (χ1v) is 6.69. The SMILES string of the molecule is COc1ccc(Br)c(Nc2cc(C(F)(F)F)nc(Cl)n2)c1. The third-order valence-corrected chi connectivity index (χ3v) is 3.29. The smallest absolute Gasteiger partial charge is 0.433 e. The maximum absolute atomic E-state index is 12.7. The number of rotatable bonds is 3. The summed E-state index contributed by atoms with van der Waals surface area (Å²) in [5.74, 6) is 0.466. The second kappa shape index (κ2) is 6.07. The zero-order chi connectivity index (χ0) is 15.6. The van der Waals surface area contributed by atoms with E-state index >= 15 is 0 Å². The summed E-state index contributed by atoms with van der Waals surface area (Å²) in [7, 11) is 1.48. The normalized spacial score (nSPS) is 11.3. The lowest BCUT2D eigenvalue weighted by molar-refractivity contribution is -0.141. The van der Waals surface area contributed by atoms with Crippen molar-refractivity contribution >= 4 is 39.0 Å². The van der Waals surface area contributed by atoms with Crippen molar-refractivity contribution in [1.82, 2.24) is 9.97 Å². The summed E-state index contributed by atoms with van der Waals surface area (Å²) in [4.78, 5) is 6.88. The monoisotopic (exact) mass is 381 g/mol. The van der Waals surface area contributed by atoms with Gasteiger partial charge in [-0.25, -0.2) is 9.97 Å². The standard InChI is InChI=1S/C12H8BrClF3N3O/c1-21-6-2-3-7(13)8(4-6)18-10-5-9(12(15,16)17)19-11(14)20-10/h2-5H,1H3,(H,18,19,20). The summed E-state index contributed by atoms with van der Waals surface area (Å²) in [6, 6.07) is 5.77. The molecule has 0 saturated heterocycles. The van der Waals surface area contributed by atoms with Crippen molar-refractivity contribution in [3.8, 4) is 5.75 Å². The van der Waals surface area contributed by atoms with Gasteiger partial charge in [0.25, 0.3) is 0 Å². The molecule has 1 aromatic carbocycles. The molecule has 0 aliphatic carbocycles. The molecule has 0 aliphatic rings. The van der Waals surface area contributed by atoms with Gasteiger partial charge >= 0.3 is 6.18 Å². The van der Waals surface area contributed by atoms with Gasteiger partial charge in [0, 0.05) is 16.6 Å². The Morgan fingerprint density at radius 2 is 1.95 bits per heavy atom. The van der Waals surface area contributed by atoms with Crippen molar-refractivity contribution in [1.29, 1.82) is 0 Å². The van der Waals surface area contributed by atoms with Crippen LogP contribution in [0.1, 0.15) is 5.69 Å². The van der Waals surface area contributed by atoms with Gasteiger partial charge in [-0.05, 0) is 39.7 Å². The fourth-order valence-corrected chi connectivity index (χ4v) is 2.02. The molecule has 0 unspecified atom stereocenters. The molecular weight excluding hydrogens is 375 g/mol. The van der Waals surface area contributed by atoms with Crippen LogP contribution in [0.3, 0.4) is 0 Å². The number of benzene rings is 1. The number of nitrogens with one attached hydrogen (secondary N) is 1. The molecule has 2 aromatic rings. The van der Waals surface area contributed by atoms with Crippen molar-refractivity contribution in [2.75, 3.05) is 12.4 Å². The minimum absolute atomic E-state index is 0.0729. The number of nitrogens with zero attached hydrogens (tertiary/aromatic N) is 2. The largest absolute Gasteiger partial charge is 0.497 e. The van der Waals surface area contributed by atoms with Crippen molar-refractivity contribution in [3.05, 3.63) is 39.7 Å². The summed E-state index contributed by atoms with van der Waals surface area (Å²) in [5.41, 5.74) is -0.638. The number of methoxy groups -OCH3 is 1. The van der Waals surface area contributed by atoms with Gasteiger partial charge in [0.15, 0.2) is 5.69 Å². The van der Waals surface area contributed by atoms with Crippen LogP contribution in [0.25, 0.3) is 0 Å². The van der Waals surface area contributed by atoms with Crippen molar-refractivity contribution in [2.45, 2.75) is 6.18 Å². The molecule has 0 spiro atoms. The van der Waals surface area contributed by atoms with Gasteiger partial charge in [-0.1, -0.05) is 0 Å². The second-order valence-electron chi connectivity index (χ2n) is 3.88. The van der Waals surface area contributed by atoms with Gasteiger partial charge in [-0.15, -0.1) is 0 Å². The third-order valence-electron chi connectivity index (χ3n) is 2.43. The molecule has 0 atom stereocenters. The maximum atomic E-state index is 12.7. The van der Waals surface area contributed by atoms with Gasteiger partial charge in [0.1, 0.15) is 11.6 Å². The average molecular weight is 383 g/mol. The van der Waals surface area contributed by atoms with Crippen LogP contribution in [0.15, 0.2) is 28.7 Å². The van der Waals surface area contributed by atoms with Gasteiger partial charge in [0.2, 0.25) is 5.28 Å². The first kappa shape index (κ1) is 15.8. The van der Waals surface area contributed by atoms with E-state index in [9.17, 15) is 13.2 Å². The Morgan fingerprint density at radius 1 is 1.24 bits per heavy atom. The molecule has 1 heterocycles. The highest BCUT2D eigenvalue weighted by atomic mass is 79.9. The van der Waals surface area contributed by atoms with E-state index in [1.54, 1.807) is 18.2 Å². The Hall–Kier alpha value is -1.54. The molecule has 21 heavy (non-hydrogen) atoms. The molecule has 1 N–H and O–H groups in total. The Balaban J connectivity index is 2.38.